The average Bonchev–Trinajstić information content (AvgIpc) is 3.12. The lowest BCUT2D eigenvalue weighted by Gasteiger charge is -2.35. The topological polar surface area (TPSA) is 58.1 Å². The molecule has 2 aliphatic heterocycles. The van der Waals surface area contributed by atoms with E-state index in [0.717, 1.165) is 64.2 Å². The van der Waals surface area contributed by atoms with Gasteiger partial charge in [0.2, 0.25) is 0 Å². The van der Waals surface area contributed by atoms with Gasteiger partial charge in [0.1, 0.15) is 0 Å². The summed E-state index contributed by atoms with van der Waals surface area (Å²) in [7, 11) is 0. The molecule has 0 aromatic heterocycles. The second-order valence-electron chi connectivity index (χ2n) is 7.45. The van der Waals surface area contributed by atoms with Crippen molar-refractivity contribution >= 4 is 29.9 Å². The summed E-state index contributed by atoms with van der Waals surface area (Å²) < 4.78 is 11.1. The lowest BCUT2D eigenvalue weighted by Crippen LogP contribution is -2.43. The number of hydrogen-bond donors (Lipinski definition) is 2. The molecule has 0 aromatic rings. The molecule has 0 bridgehead atoms. The van der Waals surface area contributed by atoms with Gasteiger partial charge in [-0.1, -0.05) is 6.92 Å². The van der Waals surface area contributed by atoms with Crippen LogP contribution in [0.3, 0.4) is 0 Å². The highest BCUT2D eigenvalue weighted by molar-refractivity contribution is 14.0. The number of piperidine rings is 1. The molecule has 2 N–H and O–H groups in total. The lowest BCUT2D eigenvalue weighted by molar-refractivity contribution is 0.0420. The summed E-state index contributed by atoms with van der Waals surface area (Å²) >= 11 is 0. The quantitative estimate of drug-likeness (QED) is 0.229. The molecule has 0 aliphatic carbocycles. The molecule has 26 heavy (non-hydrogen) atoms. The molecule has 6 nitrogen and oxygen atoms in total. The molecule has 0 saturated carbocycles. The maximum atomic E-state index is 5.80. The first-order chi connectivity index (χ1) is 12.2. The van der Waals surface area contributed by atoms with Crippen LogP contribution in [-0.4, -0.2) is 75.5 Å². The zero-order valence-electron chi connectivity index (χ0n) is 16.8. The molecular formula is C19H39IN4O2. The van der Waals surface area contributed by atoms with Crippen molar-refractivity contribution in [3.63, 3.8) is 0 Å². The van der Waals surface area contributed by atoms with E-state index < -0.39 is 0 Å². The number of aliphatic imine (C=N–C) groups is 1. The minimum atomic E-state index is 0. The number of nitrogens with zero attached hydrogens (tertiary/aromatic N) is 2. The number of likely N-dealkylation sites (tertiary alicyclic amines) is 1. The van der Waals surface area contributed by atoms with Crippen molar-refractivity contribution in [2.24, 2.45) is 10.9 Å². The van der Waals surface area contributed by atoms with Crippen molar-refractivity contribution in [2.45, 2.75) is 58.6 Å². The predicted molar refractivity (Wildman–Crippen MR) is 119 cm³/mol. The predicted octanol–water partition coefficient (Wildman–Crippen LogP) is 2.48. The van der Waals surface area contributed by atoms with Crippen LogP contribution in [0.1, 0.15) is 46.5 Å². The van der Waals surface area contributed by atoms with E-state index in [0.29, 0.717) is 12.1 Å². The zero-order valence-corrected chi connectivity index (χ0v) is 19.2. The van der Waals surface area contributed by atoms with Crippen molar-refractivity contribution in [1.82, 2.24) is 15.5 Å². The third kappa shape index (κ3) is 9.19. The molecule has 0 radical (unpaired) electrons. The van der Waals surface area contributed by atoms with Gasteiger partial charge in [-0.3, -0.25) is 9.89 Å². The fourth-order valence-electron chi connectivity index (χ4n) is 3.48. The molecule has 3 atom stereocenters. The first-order valence-corrected chi connectivity index (χ1v) is 10.1. The summed E-state index contributed by atoms with van der Waals surface area (Å²) in [6.45, 7) is 14.2. The van der Waals surface area contributed by atoms with Crippen LogP contribution >= 0.6 is 24.0 Å². The minimum absolute atomic E-state index is 0. The van der Waals surface area contributed by atoms with Crippen molar-refractivity contribution in [3.8, 4) is 0 Å². The standard InChI is InChI=1S/C19H38N4O2.HI/c1-4-20-19(21-9-6-11-25-18-8-12-24-15-18)22-13-17(3)23-10-5-7-16(2)14-23;/h16-18H,4-15H2,1-3H3,(H2,20,21,22);1H. The summed E-state index contributed by atoms with van der Waals surface area (Å²) in [5.74, 6) is 1.74. The van der Waals surface area contributed by atoms with Gasteiger partial charge in [-0.2, -0.15) is 0 Å². The molecule has 2 fully saturated rings. The Bertz CT molecular complexity index is 392. The summed E-state index contributed by atoms with van der Waals surface area (Å²) in [6.07, 6.45) is 5.00. The van der Waals surface area contributed by atoms with Crippen LogP contribution in [-0.2, 0) is 9.47 Å². The normalized spacial score (nSPS) is 25.6. The highest BCUT2D eigenvalue weighted by Crippen LogP contribution is 2.17. The Balaban J connectivity index is 0.00000338. The molecule has 2 heterocycles. The van der Waals surface area contributed by atoms with Crippen LogP contribution in [0.4, 0.5) is 0 Å². The Hall–Kier alpha value is -0.120. The molecule has 0 amide bonds. The van der Waals surface area contributed by atoms with Crippen LogP contribution in [0.15, 0.2) is 4.99 Å². The molecule has 2 aliphatic rings. The number of nitrogens with one attached hydrogen (secondary N) is 2. The molecule has 154 valence electrons. The van der Waals surface area contributed by atoms with Gasteiger partial charge in [0.25, 0.3) is 0 Å². The fraction of sp³-hybridized carbons (Fsp3) is 0.947. The van der Waals surface area contributed by atoms with Gasteiger partial charge in [0.15, 0.2) is 5.96 Å². The van der Waals surface area contributed by atoms with Gasteiger partial charge in [-0.15, -0.1) is 24.0 Å². The van der Waals surface area contributed by atoms with Crippen LogP contribution in [0.5, 0.6) is 0 Å². The van der Waals surface area contributed by atoms with Gasteiger partial charge in [-0.25, -0.2) is 0 Å². The second-order valence-corrected chi connectivity index (χ2v) is 7.45. The molecule has 7 heteroatoms. The maximum absolute atomic E-state index is 5.80. The van der Waals surface area contributed by atoms with Crippen LogP contribution in [0, 0.1) is 5.92 Å². The van der Waals surface area contributed by atoms with Gasteiger partial charge >= 0.3 is 0 Å². The highest BCUT2D eigenvalue weighted by atomic mass is 127. The average molecular weight is 482 g/mol. The van der Waals surface area contributed by atoms with Crippen molar-refractivity contribution in [3.05, 3.63) is 0 Å². The largest absolute Gasteiger partial charge is 0.379 e. The molecule has 0 aromatic carbocycles. The van der Waals surface area contributed by atoms with Gasteiger partial charge in [0, 0.05) is 38.9 Å². The van der Waals surface area contributed by atoms with E-state index in [-0.39, 0.29) is 24.0 Å². The third-order valence-electron chi connectivity index (χ3n) is 5.02. The van der Waals surface area contributed by atoms with E-state index in [1.807, 2.05) is 0 Å². The Morgan fingerprint density at radius 1 is 1.35 bits per heavy atom. The SMILES string of the molecule is CCNC(=NCC(C)N1CCCC(C)C1)NCCCOC1CCOC1.I. The van der Waals surface area contributed by atoms with E-state index in [9.17, 15) is 0 Å². The molecular weight excluding hydrogens is 443 g/mol. The third-order valence-corrected chi connectivity index (χ3v) is 5.02. The van der Waals surface area contributed by atoms with Crippen molar-refractivity contribution < 1.29 is 9.47 Å². The highest BCUT2D eigenvalue weighted by Gasteiger charge is 2.20. The maximum Gasteiger partial charge on any atom is 0.191 e. The van der Waals surface area contributed by atoms with E-state index in [1.54, 1.807) is 0 Å². The Labute approximate surface area is 176 Å². The van der Waals surface area contributed by atoms with Gasteiger partial charge in [0.05, 0.1) is 19.3 Å². The number of guanidine groups is 1. The van der Waals surface area contributed by atoms with E-state index in [2.05, 4.69) is 36.3 Å². The second kappa shape index (κ2) is 14.0. The smallest absolute Gasteiger partial charge is 0.191 e. The zero-order chi connectivity index (χ0) is 17.9. The van der Waals surface area contributed by atoms with E-state index in [4.69, 9.17) is 14.5 Å². The number of hydrogen-bond acceptors (Lipinski definition) is 4. The number of ether oxygens (including phenoxy) is 2. The first-order valence-electron chi connectivity index (χ1n) is 10.1. The molecule has 2 saturated heterocycles. The summed E-state index contributed by atoms with van der Waals surface area (Å²) in [4.78, 5) is 7.36. The van der Waals surface area contributed by atoms with Crippen LogP contribution in [0.2, 0.25) is 0 Å². The first kappa shape index (κ1) is 23.9. The minimum Gasteiger partial charge on any atom is -0.379 e. The fourth-order valence-corrected chi connectivity index (χ4v) is 3.48. The number of halogens is 1. The summed E-state index contributed by atoms with van der Waals surface area (Å²) in [5.41, 5.74) is 0. The molecule has 0 spiro atoms. The van der Waals surface area contributed by atoms with Gasteiger partial charge < -0.3 is 20.1 Å². The summed E-state index contributed by atoms with van der Waals surface area (Å²) in [5, 5.41) is 6.76. The van der Waals surface area contributed by atoms with Crippen molar-refractivity contribution in [2.75, 3.05) is 52.5 Å². The van der Waals surface area contributed by atoms with E-state index >= 15 is 0 Å². The molecule has 3 unspecified atom stereocenters. The Morgan fingerprint density at radius 3 is 2.88 bits per heavy atom. The van der Waals surface area contributed by atoms with Gasteiger partial charge in [-0.05, 0) is 52.0 Å². The lowest BCUT2D eigenvalue weighted by atomic mass is 9.99. The summed E-state index contributed by atoms with van der Waals surface area (Å²) in [6, 6.07) is 0.504. The Morgan fingerprint density at radius 2 is 2.19 bits per heavy atom. The van der Waals surface area contributed by atoms with Crippen molar-refractivity contribution in [1.29, 1.82) is 0 Å². The van der Waals surface area contributed by atoms with Crippen LogP contribution in [0.25, 0.3) is 0 Å². The van der Waals surface area contributed by atoms with Crippen LogP contribution < -0.4 is 10.6 Å². The Kier molecular flexibility index (Phi) is 12.8. The molecule has 2 rings (SSSR count). The van der Waals surface area contributed by atoms with E-state index in [1.165, 1.54) is 25.9 Å². The number of rotatable bonds is 9. The monoisotopic (exact) mass is 482 g/mol.